The largest absolute Gasteiger partial charge is 0.382 e. The van der Waals surface area contributed by atoms with Crippen molar-refractivity contribution in [3.05, 3.63) is 18.3 Å². The first-order valence-electron chi connectivity index (χ1n) is 4.82. The third kappa shape index (κ3) is 2.91. The average molecular weight is 193 g/mol. The Morgan fingerprint density at radius 1 is 1.43 bits per heavy atom. The summed E-state index contributed by atoms with van der Waals surface area (Å²) in [6.45, 7) is 7.57. The van der Waals surface area contributed by atoms with E-state index in [9.17, 15) is 0 Å². The molecule has 0 fully saturated rings. The molecule has 1 aromatic heterocycles. The zero-order valence-electron chi connectivity index (χ0n) is 9.41. The van der Waals surface area contributed by atoms with E-state index in [2.05, 4.69) is 30.7 Å². The van der Waals surface area contributed by atoms with Gasteiger partial charge < -0.3 is 10.6 Å². The van der Waals surface area contributed by atoms with E-state index in [0.29, 0.717) is 5.82 Å². The molecule has 0 aromatic carbocycles. The Hall–Kier alpha value is -1.25. The second-order valence-corrected chi connectivity index (χ2v) is 4.82. The number of nitrogens with zero attached hydrogens (tertiary/aromatic N) is 2. The number of hydrogen-bond acceptors (Lipinski definition) is 3. The second kappa shape index (κ2) is 3.86. The molecule has 0 aliphatic carbocycles. The van der Waals surface area contributed by atoms with Crippen molar-refractivity contribution in [2.45, 2.75) is 20.8 Å². The Labute approximate surface area is 85.9 Å². The average Bonchev–Trinajstić information content (AvgIpc) is 2.01. The summed E-state index contributed by atoms with van der Waals surface area (Å²) >= 11 is 0. The summed E-state index contributed by atoms with van der Waals surface area (Å²) in [4.78, 5) is 6.21. The molecule has 14 heavy (non-hydrogen) atoms. The van der Waals surface area contributed by atoms with Crippen molar-refractivity contribution in [1.29, 1.82) is 0 Å². The van der Waals surface area contributed by atoms with Gasteiger partial charge in [0.15, 0.2) is 0 Å². The van der Waals surface area contributed by atoms with Crippen LogP contribution in [0, 0.1) is 5.41 Å². The van der Waals surface area contributed by atoms with Crippen LogP contribution in [-0.2, 0) is 0 Å². The number of nitrogen functional groups attached to an aromatic ring is 1. The van der Waals surface area contributed by atoms with Crippen LogP contribution in [0.15, 0.2) is 18.3 Å². The standard InChI is InChI=1S/C11H19N3/c1-11(2,3)8-14(4)9-6-5-7-13-10(9)12/h5-7H,8H2,1-4H3,(H2,12,13). The van der Waals surface area contributed by atoms with Gasteiger partial charge in [0.25, 0.3) is 0 Å². The minimum atomic E-state index is 0.261. The zero-order chi connectivity index (χ0) is 10.8. The van der Waals surface area contributed by atoms with Gasteiger partial charge in [-0.05, 0) is 17.5 Å². The number of nitrogens with two attached hydrogens (primary N) is 1. The number of aromatic nitrogens is 1. The molecule has 2 N–H and O–H groups in total. The van der Waals surface area contributed by atoms with Crippen LogP contribution >= 0.6 is 0 Å². The van der Waals surface area contributed by atoms with Crippen molar-refractivity contribution < 1.29 is 0 Å². The summed E-state index contributed by atoms with van der Waals surface area (Å²) in [6.07, 6.45) is 1.71. The molecule has 0 radical (unpaired) electrons. The summed E-state index contributed by atoms with van der Waals surface area (Å²) < 4.78 is 0. The van der Waals surface area contributed by atoms with Crippen LogP contribution in [0.2, 0.25) is 0 Å². The van der Waals surface area contributed by atoms with E-state index in [0.717, 1.165) is 12.2 Å². The first-order valence-corrected chi connectivity index (χ1v) is 4.82. The molecular weight excluding hydrogens is 174 g/mol. The maximum Gasteiger partial charge on any atom is 0.146 e. The third-order valence-electron chi connectivity index (χ3n) is 1.94. The van der Waals surface area contributed by atoms with Crippen LogP contribution in [0.25, 0.3) is 0 Å². The number of hydrogen-bond donors (Lipinski definition) is 1. The lowest BCUT2D eigenvalue weighted by molar-refractivity contribution is 0.419. The van der Waals surface area contributed by atoms with Crippen LogP contribution in [-0.4, -0.2) is 18.6 Å². The van der Waals surface area contributed by atoms with Gasteiger partial charge in [-0.2, -0.15) is 0 Å². The van der Waals surface area contributed by atoms with Gasteiger partial charge in [-0.25, -0.2) is 4.98 Å². The molecule has 0 aliphatic heterocycles. The summed E-state index contributed by atoms with van der Waals surface area (Å²) in [7, 11) is 2.04. The Balaban J connectivity index is 2.80. The van der Waals surface area contributed by atoms with Gasteiger partial charge in [-0.15, -0.1) is 0 Å². The van der Waals surface area contributed by atoms with Crippen molar-refractivity contribution >= 4 is 11.5 Å². The number of pyridine rings is 1. The fraction of sp³-hybridized carbons (Fsp3) is 0.545. The highest BCUT2D eigenvalue weighted by molar-refractivity contribution is 5.62. The van der Waals surface area contributed by atoms with E-state index < -0.39 is 0 Å². The first-order chi connectivity index (χ1) is 6.40. The summed E-state index contributed by atoms with van der Waals surface area (Å²) in [6, 6.07) is 3.90. The van der Waals surface area contributed by atoms with Gasteiger partial charge in [-0.3, -0.25) is 0 Å². The summed E-state index contributed by atoms with van der Waals surface area (Å²) in [5.41, 5.74) is 7.05. The second-order valence-electron chi connectivity index (χ2n) is 4.82. The monoisotopic (exact) mass is 193 g/mol. The quantitative estimate of drug-likeness (QED) is 0.782. The fourth-order valence-electron chi connectivity index (χ4n) is 1.53. The van der Waals surface area contributed by atoms with Crippen LogP contribution in [0.4, 0.5) is 11.5 Å². The molecule has 0 aliphatic rings. The normalized spacial score (nSPS) is 11.4. The molecule has 1 aromatic rings. The topological polar surface area (TPSA) is 42.2 Å². The number of rotatable bonds is 2. The van der Waals surface area contributed by atoms with E-state index in [1.54, 1.807) is 6.20 Å². The van der Waals surface area contributed by atoms with Crippen LogP contribution in [0.5, 0.6) is 0 Å². The van der Waals surface area contributed by atoms with Crippen molar-refractivity contribution in [2.75, 3.05) is 24.2 Å². The first kappa shape index (κ1) is 10.8. The molecule has 0 amide bonds. The van der Waals surface area contributed by atoms with Crippen LogP contribution in [0.3, 0.4) is 0 Å². The Morgan fingerprint density at radius 3 is 2.57 bits per heavy atom. The molecule has 1 heterocycles. The van der Waals surface area contributed by atoms with E-state index in [1.165, 1.54) is 0 Å². The smallest absolute Gasteiger partial charge is 0.146 e. The molecule has 0 saturated carbocycles. The van der Waals surface area contributed by atoms with Crippen molar-refractivity contribution in [3.63, 3.8) is 0 Å². The van der Waals surface area contributed by atoms with Gasteiger partial charge in [0.05, 0.1) is 5.69 Å². The highest BCUT2D eigenvalue weighted by Gasteiger charge is 2.15. The van der Waals surface area contributed by atoms with Crippen molar-refractivity contribution in [1.82, 2.24) is 4.98 Å². The zero-order valence-corrected chi connectivity index (χ0v) is 9.41. The molecule has 0 bridgehead atoms. The van der Waals surface area contributed by atoms with Crippen LogP contribution < -0.4 is 10.6 Å². The van der Waals surface area contributed by atoms with Crippen molar-refractivity contribution in [2.24, 2.45) is 5.41 Å². The maximum atomic E-state index is 5.79. The Morgan fingerprint density at radius 2 is 2.07 bits per heavy atom. The van der Waals surface area contributed by atoms with Gasteiger partial charge in [0.2, 0.25) is 0 Å². The third-order valence-corrected chi connectivity index (χ3v) is 1.94. The van der Waals surface area contributed by atoms with Crippen molar-refractivity contribution in [3.8, 4) is 0 Å². The highest BCUT2D eigenvalue weighted by Crippen LogP contribution is 2.23. The Kier molecular flexibility index (Phi) is 2.99. The fourth-order valence-corrected chi connectivity index (χ4v) is 1.53. The lowest BCUT2D eigenvalue weighted by atomic mass is 9.96. The summed E-state index contributed by atoms with van der Waals surface area (Å²) in [5, 5.41) is 0. The molecule has 0 spiro atoms. The van der Waals surface area contributed by atoms with Gasteiger partial charge in [0, 0.05) is 19.8 Å². The predicted molar refractivity (Wildman–Crippen MR) is 61.4 cm³/mol. The SMILES string of the molecule is CN(CC(C)(C)C)c1cccnc1N. The summed E-state index contributed by atoms with van der Waals surface area (Å²) in [5.74, 6) is 0.597. The van der Waals surface area contributed by atoms with Crippen LogP contribution in [0.1, 0.15) is 20.8 Å². The van der Waals surface area contributed by atoms with Gasteiger partial charge in [-0.1, -0.05) is 20.8 Å². The molecular formula is C11H19N3. The molecule has 78 valence electrons. The van der Waals surface area contributed by atoms with E-state index >= 15 is 0 Å². The maximum absolute atomic E-state index is 5.79. The lowest BCUT2D eigenvalue weighted by Gasteiger charge is -2.28. The minimum absolute atomic E-state index is 0.261. The molecule has 3 nitrogen and oxygen atoms in total. The molecule has 1 rings (SSSR count). The predicted octanol–water partition coefficient (Wildman–Crippen LogP) is 2.15. The van der Waals surface area contributed by atoms with E-state index in [1.807, 2.05) is 19.2 Å². The highest BCUT2D eigenvalue weighted by atomic mass is 15.1. The van der Waals surface area contributed by atoms with E-state index in [4.69, 9.17) is 5.73 Å². The molecule has 3 heteroatoms. The Bertz CT molecular complexity index is 302. The molecule has 0 unspecified atom stereocenters. The number of anilines is 2. The molecule has 0 atom stereocenters. The minimum Gasteiger partial charge on any atom is -0.382 e. The van der Waals surface area contributed by atoms with Gasteiger partial charge >= 0.3 is 0 Å². The lowest BCUT2D eigenvalue weighted by Crippen LogP contribution is -2.29. The van der Waals surface area contributed by atoms with Gasteiger partial charge in [0.1, 0.15) is 5.82 Å². The molecule has 0 saturated heterocycles. The van der Waals surface area contributed by atoms with E-state index in [-0.39, 0.29) is 5.41 Å².